The quantitative estimate of drug-likeness (QED) is 0.747. The van der Waals surface area contributed by atoms with Crippen molar-refractivity contribution in [3.63, 3.8) is 0 Å². The maximum Gasteiger partial charge on any atom is 0.411 e. The highest BCUT2D eigenvalue weighted by molar-refractivity contribution is 7.89. The van der Waals surface area contributed by atoms with Crippen LogP contribution >= 0.6 is 11.6 Å². The van der Waals surface area contributed by atoms with E-state index in [1.54, 1.807) is 24.3 Å². The van der Waals surface area contributed by atoms with E-state index in [4.69, 9.17) is 16.3 Å². The lowest BCUT2D eigenvalue weighted by Crippen LogP contribution is -2.29. The number of hydrogen-bond donors (Lipinski definition) is 2. The number of ether oxygens (including phenoxy) is 2. The Bertz CT molecular complexity index is 856. The molecule has 0 aliphatic rings. The van der Waals surface area contributed by atoms with Gasteiger partial charge in [0.2, 0.25) is 10.0 Å². The predicted octanol–water partition coefficient (Wildman–Crippen LogP) is 3.18. The van der Waals surface area contributed by atoms with Crippen LogP contribution in [0.2, 0.25) is 5.02 Å². The van der Waals surface area contributed by atoms with Crippen molar-refractivity contribution < 1.29 is 22.7 Å². The summed E-state index contributed by atoms with van der Waals surface area (Å²) in [5, 5.41) is 2.94. The highest BCUT2D eigenvalue weighted by Crippen LogP contribution is 2.25. The van der Waals surface area contributed by atoms with E-state index in [0.29, 0.717) is 16.3 Å². The molecule has 0 aromatic heterocycles. The minimum atomic E-state index is -3.75. The Morgan fingerprint density at radius 2 is 1.77 bits per heavy atom. The van der Waals surface area contributed by atoms with Crippen LogP contribution in [0, 0.1) is 0 Å². The number of carbonyl (C=O) groups excluding carboxylic acids is 1. The van der Waals surface area contributed by atoms with Crippen LogP contribution in [0.5, 0.6) is 0 Å². The maximum atomic E-state index is 12.4. The van der Waals surface area contributed by atoms with Gasteiger partial charge in [-0.1, -0.05) is 29.8 Å². The fourth-order valence-corrected chi connectivity index (χ4v) is 3.50. The second kappa shape index (κ2) is 9.00. The summed E-state index contributed by atoms with van der Waals surface area (Å²) in [6.07, 6.45) is -1.17. The largest absolute Gasteiger partial charge is 0.453 e. The SMILES string of the molecule is COC(=O)Nc1ccc(S(=O)(=O)NC[C@H](OC)c2ccccc2Cl)cc1. The van der Waals surface area contributed by atoms with Crippen LogP contribution in [-0.4, -0.2) is 35.3 Å². The number of anilines is 1. The molecule has 0 unspecified atom stereocenters. The number of benzene rings is 2. The maximum absolute atomic E-state index is 12.4. The molecule has 0 heterocycles. The number of carbonyl (C=O) groups is 1. The summed E-state index contributed by atoms with van der Waals surface area (Å²) in [5.74, 6) is 0. The van der Waals surface area contributed by atoms with Gasteiger partial charge in [0.05, 0.1) is 18.1 Å². The number of sulfonamides is 1. The summed E-state index contributed by atoms with van der Waals surface area (Å²) in [5.41, 5.74) is 1.11. The molecule has 0 spiro atoms. The number of methoxy groups -OCH3 is 2. The van der Waals surface area contributed by atoms with Crippen LogP contribution < -0.4 is 10.0 Å². The first-order valence-electron chi connectivity index (χ1n) is 7.59. The van der Waals surface area contributed by atoms with E-state index >= 15 is 0 Å². The van der Waals surface area contributed by atoms with Crippen molar-refractivity contribution >= 4 is 33.4 Å². The molecule has 2 rings (SSSR count). The summed E-state index contributed by atoms with van der Waals surface area (Å²) in [6, 6.07) is 12.8. The molecule has 140 valence electrons. The number of rotatable bonds is 7. The zero-order valence-electron chi connectivity index (χ0n) is 14.2. The highest BCUT2D eigenvalue weighted by Gasteiger charge is 2.19. The van der Waals surface area contributed by atoms with Crippen molar-refractivity contribution in [1.82, 2.24) is 4.72 Å². The van der Waals surface area contributed by atoms with Gasteiger partial charge in [-0.3, -0.25) is 5.32 Å². The van der Waals surface area contributed by atoms with Crippen LogP contribution in [0.3, 0.4) is 0 Å². The molecule has 0 saturated carbocycles. The first-order valence-corrected chi connectivity index (χ1v) is 9.45. The minimum absolute atomic E-state index is 0.0186. The molecule has 0 fully saturated rings. The van der Waals surface area contributed by atoms with Gasteiger partial charge < -0.3 is 9.47 Å². The van der Waals surface area contributed by atoms with Crippen LogP contribution in [0.15, 0.2) is 53.4 Å². The predicted molar refractivity (Wildman–Crippen MR) is 98.9 cm³/mol. The van der Waals surface area contributed by atoms with Crippen LogP contribution in [0.25, 0.3) is 0 Å². The minimum Gasteiger partial charge on any atom is -0.453 e. The van der Waals surface area contributed by atoms with Gasteiger partial charge in [-0.25, -0.2) is 17.9 Å². The molecular weight excluding hydrogens is 380 g/mol. The van der Waals surface area contributed by atoms with Gasteiger partial charge in [0.15, 0.2) is 0 Å². The Kier molecular flexibility index (Phi) is 6.98. The number of hydrogen-bond acceptors (Lipinski definition) is 5. The highest BCUT2D eigenvalue weighted by atomic mass is 35.5. The molecule has 2 aromatic carbocycles. The molecule has 0 bridgehead atoms. The van der Waals surface area contributed by atoms with Gasteiger partial charge in [0.25, 0.3) is 0 Å². The lowest BCUT2D eigenvalue weighted by atomic mass is 10.1. The van der Waals surface area contributed by atoms with E-state index in [9.17, 15) is 13.2 Å². The van der Waals surface area contributed by atoms with Gasteiger partial charge in [-0.05, 0) is 30.3 Å². The molecule has 9 heteroatoms. The average Bonchev–Trinajstić information content (AvgIpc) is 2.64. The first kappa shape index (κ1) is 20.2. The molecule has 0 radical (unpaired) electrons. The van der Waals surface area contributed by atoms with E-state index in [1.165, 1.54) is 38.5 Å². The Labute approximate surface area is 157 Å². The van der Waals surface area contributed by atoms with Crippen molar-refractivity contribution in [2.45, 2.75) is 11.0 Å². The zero-order valence-corrected chi connectivity index (χ0v) is 15.8. The monoisotopic (exact) mass is 398 g/mol. The summed E-state index contributed by atoms with van der Waals surface area (Å²) in [7, 11) is -1.03. The fourth-order valence-electron chi connectivity index (χ4n) is 2.21. The van der Waals surface area contributed by atoms with Crippen molar-refractivity contribution in [3.05, 3.63) is 59.1 Å². The molecule has 1 amide bonds. The molecule has 0 aliphatic carbocycles. The summed E-state index contributed by atoms with van der Waals surface area (Å²) in [6.45, 7) is 0.0186. The molecule has 26 heavy (non-hydrogen) atoms. The third-order valence-electron chi connectivity index (χ3n) is 3.59. The summed E-state index contributed by atoms with van der Waals surface area (Å²) < 4.78 is 37.2. The Morgan fingerprint density at radius 1 is 1.12 bits per heavy atom. The van der Waals surface area contributed by atoms with Gasteiger partial charge in [-0.15, -0.1) is 0 Å². The van der Waals surface area contributed by atoms with E-state index < -0.39 is 22.2 Å². The molecule has 0 aliphatic heterocycles. The molecule has 7 nitrogen and oxygen atoms in total. The van der Waals surface area contributed by atoms with Crippen LogP contribution in [0.4, 0.5) is 10.5 Å². The van der Waals surface area contributed by atoms with E-state index in [1.807, 2.05) is 0 Å². The van der Waals surface area contributed by atoms with Gasteiger partial charge in [0, 0.05) is 29.9 Å². The van der Waals surface area contributed by atoms with E-state index in [0.717, 1.165) is 0 Å². The van der Waals surface area contributed by atoms with Crippen molar-refractivity contribution in [3.8, 4) is 0 Å². The zero-order chi connectivity index (χ0) is 19.2. The third-order valence-corrected chi connectivity index (χ3v) is 5.38. The smallest absolute Gasteiger partial charge is 0.411 e. The number of amides is 1. The number of halogens is 1. The van der Waals surface area contributed by atoms with E-state index in [2.05, 4.69) is 14.8 Å². The molecule has 0 saturated heterocycles. The molecule has 2 aromatic rings. The average molecular weight is 399 g/mol. The lowest BCUT2D eigenvalue weighted by Gasteiger charge is -2.18. The van der Waals surface area contributed by atoms with Gasteiger partial charge in [0.1, 0.15) is 0 Å². The van der Waals surface area contributed by atoms with Crippen molar-refractivity contribution in [1.29, 1.82) is 0 Å². The topological polar surface area (TPSA) is 93.7 Å². The fraction of sp³-hybridized carbons (Fsp3) is 0.235. The second-order valence-electron chi connectivity index (χ2n) is 5.24. The summed E-state index contributed by atoms with van der Waals surface area (Å²) in [4.78, 5) is 11.2. The summed E-state index contributed by atoms with van der Waals surface area (Å²) >= 11 is 6.13. The first-order chi connectivity index (χ1) is 12.4. The lowest BCUT2D eigenvalue weighted by molar-refractivity contribution is 0.107. The molecular formula is C17H19ClN2O5S. The normalized spacial score (nSPS) is 12.4. The van der Waals surface area contributed by atoms with Gasteiger partial charge >= 0.3 is 6.09 Å². The van der Waals surface area contributed by atoms with Crippen molar-refractivity contribution in [2.24, 2.45) is 0 Å². The third kappa shape index (κ3) is 5.18. The van der Waals surface area contributed by atoms with Crippen LogP contribution in [-0.2, 0) is 19.5 Å². The van der Waals surface area contributed by atoms with Gasteiger partial charge in [-0.2, -0.15) is 0 Å². The number of nitrogens with one attached hydrogen (secondary N) is 2. The van der Waals surface area contributed by atoms with Crippen LogP contribution in [0.1, 0.15) is 11.7 Å². The van der Waals surface area contributed by atoms with E-state index in [-0.39, 0.29) is 11.4 Å². The Morgan fingerprint density at radius 3 is 2.35 bits per heavy atom. The second-order valence-corrected chi connectivity index (χ2v) is 7.41. The standard InChI is InChI=1S/C17H19ClN2O5S/c1-24-16(14-5-3-4-6-15(14)18)11-19-26(22,23)13-9-7-12(8-10-13)20-17(21)25-2/h3-10,16,19H,11H2,1-2H3,(H,20,21)/t16-/m0/s1. The Hall–Kier alpha value is -2.13. The Balaban J connectivity index is 2.08. The molecule has 1 atom stereocenters. The molecule has 2 N–H and O–H groups in total. The van der Waals surface area contributed by atoms with Crippen molar-refractivity contribution in [2.75, 3.05) is 26.1 Å².